The van der Waals surface area contributed by atoms with Crippen LogP contribution in [0.3, 0.4) is 0 Å². The first-order valence-corrected chi connectivity index (χ1v) is 11.3. The van der Waals surface area contributed by atoms with Crippen molar-refractivity contribution in [3.8, 4) is 0 Å². The van der Waals surface area contributed by atoms with Gasteiger partial charge in [0.1, 0.15) is 10.7 Å². The molecule has 1 fully saturated rings. The number of rotatable bonds is 4. The first-order valence-electron chi connectivity index (χ1n) is 9.87. The molecule has 11 nitrogen and oxygen atoms in total. The summed E-state index contributed by atoms with van der Waals surface area (Å²) in [5.41, 5.74) is -0.940. The second-order valence-corrected chi connectivity index (χ2v) is 9.91. The molecule has 1 aliphatic rings. The van der Waals surface area contributed by atoms with Crippen LogP contribution in [0.1, 0.15) is 18.9 Å². The normalized spacial score (nSPS) is 15.6. The third-order valence-corrected chi connectivity index (χ3v) is 7.38. The number of aromatic nitrogens is 5. The number of fused-ring (bicyclic) bond motifs is 1. The highest BCUT2D eigenvalue weighted by Gasteiger charge is 2.27. The lowest BCUT2D eigenvalue weighted by Crippen LogP contribution is -2.45. The number of pyridine rings is 1. The van der Waals surface area contributed by atoms with Crippen LogP contribution in [-0.4, -0.2) is 64.0 Å². The lowest BCUT2D eigenvalue weighted by atomic mass is 10.0. The molecule has 0 bridgehead atoms. The van der Waals surface area contributed by atoms with E-state index < -0.39 is 27.0 Å². The fourth-order valence-corrected chi connectivity index (χ4v) is 4.58. The van der Waals surface area contributed by atoms with E-state index in [0.717, 1.165) is 15.1 Å². The van der Waals surface area contributed by atoms with Gasteiger partial charge in [0.2, 0.25) is 16.0 Å². The van der Waals surface area contributed by atoms with E-state index >= 15 is 0 Å². The van der Waals surface area contributed by atoms with Gasteiger partial charge in [0, 0.05) is 46.3 Å². The quantitative estimate of drug-likeness (QED) is 0.500. The maximum absolute atomic E-state index is 13.7. The molecule has 0 atom stereocenters. The van der Waals surface area contributed by atoms with Gasteiger partial charge in [-0.15, -0.1) is 0 Å². The third kappa shape index (κ3) is 3.66. The predicted molar refractivity (Wildman–Crippen MR) is 115 cm³/mol. The molecule has 0 amide bonds. The zero-order chi connectivity index (χ0) is 23.2. The molecule has 4 heterocycles. The Morgan fingerprint density at radius 2 is 1.66 bits per heavy atom. The number of nitrogens with zero attached hydrogens (tertiary/aromatic N) is 7. The fourth-order valence-electron chi connectivity index (χ4n) is 3.79. The first-order chi connectivity index (χ1) is 15.1. The number of halogens is 1. The van der Waals surface area contributed by atoms with Crippen LogP contribution in [-0.2, 0) is 17.1 Å². The smallest absolute Gasteiger partial charge is 0.318 e. The summed E-state index contributed by atoms with van der Waals surface area (Å²) in [7, 11) is 0.656. The Labute approximate surface area is 182 Å². The van der Waals surface area contributed by atoms with E-state index in [0.29, 0.717) is 31.9 Å². The summed E-state index contributed by atoms with van der Waals surface area (Å²) in [5, 5.41) is 0. The monoisotopic (exact) mass is 463 g/mol. The molecular formula is C19H22FN7O4S. The number of hydrogen-bond acceptors (Lipinski definition) is 8. The molecule has 0 N–H and O–H groups in total. The lowest BCUT2D eigenvalue weighted by molar-refractivity contribution is 0.389. The van der Waals surface area contributed by atoms with Crippen LogP contribution in [0.5, 0.6) is 0 Å². The van der Waals surface area contributed by atoms with Gasteiger partial charge in [0.25, 0.3) is 0 Å². The summed E-state index contributed by atoms with van der Waals surface area (Å²) in [4.78, 5) is 39.4. The molecule has 1 saturated heterocycles. The Balaban J connectivity index is 1.59. The van der Waals surface area contributed by atoms with E-state index in [1.165, 1.54) is 44.2 Å². The number of aryl methyl sites for hydroxylation is 1. The van der Waals surface area contributed by atoms with Crippen molar-refractivity contribution < 1.29 is 12.8 Å². The minimum Gasteiger partial charge on any atom is -0.341 e. The maximum atomic E-state index is 13.7. The fraction of sp³-hybridized carbons (Fsp3) is 0.421. The van der Waals surface area contributed by atoms with Crippen LogP contribution in [0.2, 0.25) is 0 Å². The average molecular weight is 463 g/mol. The number of hydrogen-bond donors (Lipinski definition) is 0. The molecule has 0 aliphatic carbocycles. The summed E-state index contributed by atoms with van der Waals surface area (Å²) in [6.45, 7) is 0.962. The summed E-state index contributed by atoms with van der Waals surface area (Å²) in [6, 6.07) is 0.882. The van der Waals surface area contributed by atoms with Crippen LogP contribution >= 0.6 is 0 Å². The van der Waals surface area contributed by atoms with Gasteiger partial charge in [-0.25, -0.2) is 32.1 Å². The van der Waals surface area contributed by atoms with E-state index in [1.54, 1.807) is 0 Å². The summed E-state index contributed by atoms with van der Waals surface area (Å²) in [5.74, 6) is -0.216. The number of piperidine rings is 1. The Morgan fingerprint density at radius 3 is 2.25 bits per heavy atom. The zero-order valence-electron chi connectivity index (χ0n) is 17.8. The van der Waals surface area contributed by atoms with Gasteiger partial charge in [-0.3, -0.25) is 14.2 Å². The molecule has 13 heteroatoms. The van der Waals surface area contributed by atoms with Crippen LogP contribution in [0.4, 0.5) is 10.3 Å². The van der Waals surface area contributed by atoms with E-state index in [9.17, 15) is 22.4 Å². The van der Waals surface area contributed by atoms with Gasteiger partial charge in [-0.2, -0.15) is 0 Å². The van der Waals surface area contributed by atoms with Crippen molar-refractivity contribution in [2.45, 2.75) is 23.8 Å². The van der Waals surface area contributed by atoms with Crippen LogP contribution in [0.15, 0.2) is 39.1 Å². The molecule has 0 spiro atoms. The van der Waals surface area contributed by atoms with Crippen LogP contribution < -0.4 is 16.0 Å². The largest absolute Gasteiger partial charge is 0.341 e. The van der Waals surface area contributed by atoms with E-state index in [-0.39, 0.29) is 22.1 Å². The zero-order valence-corrected chi connectivity index (χ0v) is 18.6. The number of sulfonamides is 1. The molecule has 32 heavy (non-hydrogen) atoms. The number of anilines is 1. The highest BCUT2D eigenvalue weighted by atomic mass is 32.2. The molecule has 0 radical (unpaired) electrons. The SMILES string of the molecule is CN(C)S(=O)(=O)c1cnc(N2CCC(n3c(=O)c(=O)n(C)c4cc(F)cnc43)CC2)nc1. The van der Waals surface area contributed by atoms with Gasteiger partial charge < -0.3 is 9.47 Å². The van der Waals surface area contributed by atoms with Crippen molar-refractivity contribution in [1.82, 2.24) is 28.4 Å². The standard InChI is InChI=1S/C19H22FN7O4S/c1-24(2)32(30,31)14-10-22-19(23-11-14)26-6-4-13(5-7-26)27-16-15(8-12(20)9-21-16)25(3)17(28)18(27)29/h8-11,13H,4-7H2,1-3H3. The molecule has 0 unspecified atom stereocenters. The molecule has 3 aromatic heterocycles. The second kappa shape index (κ2) is 8.06. The highest BCUT2D eigenvalue weighted by Crippen LogP contribution is 2.26. The van der Waals surface area contributed by atoms with Gasteiger partial charge in [-0.05, 0) is 12.8 Å². The Hall–Kier alpha value is -3.19. The van der Waals surface area contributed by atoms with Crippen molar-refractivity contribution >= 4 is 27.1 Å². The molecule has 0 aromatic carbocycles. The van der Waals surface area contributed by atoms with Crippen molar-refractivity contribution in [2.24, 2.45) is 7.05 Å². The van der Waals surface area contributed by atoms with Crippen molar-refractivity contribution in [2.75, 3.05) is 32.1 Å². The summed E-state index contributed by atoms with van der Waals surface area (Å²) >= 11 is 0. The topological polar surface area (TPSA) is 123 Å². The van der Waals surface area contributed by atoms with E-state index in [2.05, 4.69) is 15.0 Å². The third-order valence-electron chi connectivity index (χ3n) is 5.62. The van der Waals surface area contributed by atoms with Gasteiger partial charge in [-0.1, -0.05) is 0 Å². The van der Waals surface area contributed by atoms with E-state index in [4.69, 9.17) is 0 Å². The molecule has 3 aromatic rings. The van der Waals surface area contributed by atoms with E-state index in [1.807, 2.05) is 4.90 Å². The molecular weight excluding hydrogens is 441 g/mol. The van der Waals surface area contributed by atoms with Gasteiger partial charge in [0.15, 0.2) is 5.65 Å². The van der Waals surface area contributed by atoms with Gasteiger partial charge >= 0.3 is 11.1 Å². The molecule has 0 saturated carbocycles. The van der Waals surface area contributed by atoms with Crippen molar-refractivity contribution in [1.29, 1.82) is 0 Å². The van der Waals surface area contributed by atoms with Crippen molar-refractivity contribution in [3.63, 3.8) is 0 Å². The Bertz CT molecular complexity index is 1390. The summed E-state index contributed by atoms with van der Waals surface area (Å²) in [6.07, 6.45) is 4.56. The molecule has 4 rings (SSSR count). The van der Waals surface area contributed by atoms with Crippen LogP contribution in [0, 0.1) is 5.82 Å². The second-order valence-electron chi connectivity index (χ2n) is 7.76. The van der Waals surface area contributed by atoms with Gasteiger partial charge in [0.05, 0.1) is 24.1 Å². The average Bonchev–Trinajstić information content (AvgIpc) is 2.78. The molecule has 1 aliphatic heterocycles. The molecule has 170 valence electrons. The predicted octanol–water partition coefficient (Wildman–Crippen LogP) is 0.116. The first kappa shape index (κ1) is 22.0. The maximum Gasteiger partial charge on any atom is 0.318 e. The van der Waals surface area contributed by atoms with Crippen LogP contribution in [0.25, 0.3) is 11.2 Å². The Kier molecular flexibility index (Phi) is 5.54. The Morgan fingerprint density at radius 1 is 1.03 bits per heavy atom. The summed E-state index contributed by atoms with van der Waals surface area (Å²) < 4.78 is 41.6. The minimum atomic E-state index is -3.62. The highest BCUT2D eigenvalue weighted by molar-refractivity contribution is 7.89. The lowest BCUT2D eigenvalue weighted by Gasteiger charge is -2.33. The van der Waals surface area contributed by atoms with Crippen molar-refractivity contribution in [3.05, 3.63) is 51.2 Å². The minimum absolute atomic E-state index is 0.00223.